The Balaban J connectivity index is 2.28. The monoisotopic (exact) mass is 157 g/mol. The van der Waals surface area contributed by atoms with Gasteiger partial charge in [-0.2, -0.15) is 0 Å². The minimum absolute atomic E-state index is 0.259. The molecule has 1 fully saturated rings. The molecule has 1 aliphatic heterocycles. The molecule has 4 nitrogen and oxygen atoms in total. The van der Waals surface area contributed by atoms with Crippen molar-refractivity contribution in [2.75, 3.05) is 13.1 Å². The molecule has 1 radical (unpaired) electrons. The standard InChI is InChI=1S/C7H13N2O2/c1-5(8)11-7(10)6-2-3-9-4-6/h5,9H,2-4,8H2,1H3. The van der Waals surface area contributed by atoms with E-state index in [0.29, 0.717) is 6.54 Å². The van der Waals surface area contributed by atoms with Gasteiger partial charge < -0.3 is 10.1 Å². The molecule has 0 saturated carbocycles. The van der Waals surface area contributed by atoms with Crippen LogP contribution >= 0.6 is 0 Å². The average molecular weight is 157 g/mol. The molecule has 1 heterocycles. The van der Waals surface area contributed by atoms with Gasteiger partial charge in [0, 0.05) is 6.54 Å². The average Bonchev–Trinajstić information content (AvgIpc) is 2.35. The van der Waals surface area contributed by atoms with Crippen LogP contribution < -0.4 is 11.1 Å². The fourth-order valence-electron chi connectivity index (χ4n) is 0.993. The quantitative estimate of drug-likeness (QED) is 0.415. The summed E-state index contributed by atoms with van der Waals surface area (Å²) in [6.45, 7) is 3.15. The van der Waals surface area contributed by atoms with Crippen molar-refractivity contribution in [1.29, 1.82) is 0 Å². The first-order chi connectivity index (χ1) is 5.20. The van der Waals surface area contributed by atoms with Gasteiger partial charge in [-0.15, -0.1) is 0 Å². The number of rotatable bonds is 2. The highest BCUT2D eigenvalue weighted by atomic mass is 16.6. The molecule has 0 spiro atoms. The number of hydrogen-bond acceptors (Lipinski definition) is 4. The smallest absolute Gasteiger partial charge is 0.316 e. The summed E-state index contributed by atoms with van der Waals surface area (Å²) >= 11 is 0. The van der Waals surface area contributed by atoms with Crippen molar-refractivity contribution in [3.05, 3.63) is 5.92 Å². The van der Waals surface area contributed by atoms with Crippen molar-refractivity contribution in [3.8, 4) is 0 Å². The van der Waals surface area contributed by atoms with Crippen molar-refractivity contribution in [2.45, 2.75) is 19.6 Å². The van der Waals surface area contributed by atoms with Crippen LogP contribution in [0.25, 0.3) is 0 Å². The topological polar surface area (TPSA) is 64.3 Å². The summed E-state index contributed by atoms with van der Waals surface area (Å²) in [6.07, 6.45) is 0.279. The van der Waals surface area contributed by atoms with Gasteiger partial charge in [-0.25, -0.2) is 0 Å². The summed E-state index contributed by atoms with van der Waals surface area (Å²) in [5.74, 6) is 0.535. The second-order valence-corrected chi connectivity index (χ2v) is 2.64. The first-order valence-corrected chi connectivity index (χ1v) is 3.72. The molecule has 1 unspecified atom stereocenters. The van der Waals surface area contributed by atoms with E-state index < -0.39 is 6.23 Å². The molecule has 11 heavy (non-hydrogen) atoms. The molecule has 0 aliphatic carbocycles. The number of nitrogens with one attached hydrogen (secondary N) is 1. The van der Waals surface area contributed by atoms with E-state index in [-0.39, 0.29) is 5.97 Å². The van der Waals surface area contributed by atoms with Crippen molar-refractivity contribution < 1.29 is 9.53 Å². The van der Waals surface area contributed by atoms with Crippen LogP contribution in [-0.4, -0.2) is 25.3 Å². The maximum absolute atomic E-state index is 11.1. The van der Waals surface area contributed by atoms with Gasteiger partial charge >= 0.3 is 5.97 Å². The first-order valence-electron chi connectivity index (χ1n) is 3.72. The third-order valence-corrected chi connectivity index (χ3v) is 1.52. The number of nitrogens with two attached hydrogens (primary N) is 1. The molecule has 0 aromatic carbocycles. The van der Waals surface area contributed by atoms with Crippen molar-refractivity contribution >= 4 is 5.97 Å². The zero-order valence-corrected chi connectivity index (χ0v) is 6.59. The van der Waals surface area contributed by atoms with E-state index in [4.69, 9.17) is 10.5 Å². The van der Waals surface area contributed by atoms with E-state index >= 15 is 0 Å². The zero-order chi connectivity index (χ0) is 8.27. The van der Waals surface area contributed by atoms with E-state index in [1.165, 1.54) is 0 Å². The summed E-state index contributed by atoms with van der Waals surface area (Å²) in [5.41, 5.74) is 5.28. The second kappa shape index (κ2) is 3.69. The van der Waals surface area contributed by atoms with Crippen LogP contribution in [-0.2, 0) is 9.53 Å². The molecule has 0 aromatic rings. The highest BCUT2D eigenvalue weighted by Gasteiger charge is 2.25. The Labute approximate surface area is 66.1 Å². The van der Waals surface area contributed by atoms with Gasteiger partial charge in [0.25, 0.3) is 0 Å². The Kier molecular flexibility index (Phi) is 2.84. The zero-order valence-electron chi connectivity index (χ0n) is 6.59. The Bertz CT molecular complexity index is 141. The second-order valence-electron chi connectivity index (χ2n) is 2.64. The van der Waals surface area contributed by atoms with Gasteiger partial charge in [-0.1, -0.05) is 0 Å². The van der Waals surface area contributed by atoms with Crippen LogP contribution in [0, 0.1) is 5.92 Å². The van der Waals surface area contributed by atoms with E-state index in [1.54, 1.807) is 6.92 Å². The number of carbonyl (C=O) groups excluding carboxylic acids is 1. The van der Waals surface area contributed by atoms with Gasteiger partial charge in [0.1, 0.15) is 6.23 Å². The highest BCUT2D eigenvalue weighted by Crippen LogP contribution is 2.11. The van der Waals surface area contributed by atoms with Crippen LogP contribution in [0.5, 0.6) is 0 Å². The van der Waals surface area contributed by atoms with Crippen LogP contribution in [0.4, 0.5) is 0 Å². The molecule has 3 N–H and O–H groups in total. The third-order valence-electron chi connectivity index (χ3n) is 1.52. The lowest BCUT2D eigenvalue weighted by molar-refractivity contribution is -0.145. The lowest BCUT2D eigenvalue weighted by Gasteiger charge is -2.10. The Hall–Kier alpha value is -0.610. The summed E-state index contributed by atoms with van der Waals surface area (Å²) in [7, 11) is 0. The molecule has 0 amide bonds. The largest absolute Gasteiger partial charge is 0.447 e. The van der Waals surface area contributed by atoms with Crippen molar-refractivity contribution in [3.63, 3.8) is 0 Å². The molecule has 4 heteroatoms. The van der Waals surface area contributed by atoms with Crippen molar-refractivity contribution in [2.24, 2.45) is 5.73 Å². The number of hydrogen-bond donors (Lipinski definition) is 2. The van der Waals surface area contributed by atoms with Crippen molar-refractivity contribution in [1.82, 2.24) is 5.32 Å². The summed E-state index contributed by atoms with van der Waals surface area (Å²) in [5, 5.41) is 3.05. The Morgan fingerprint density at radius 1 is 1.82 bits per heavy atom. The molecule has 1 atom stereocenters. The van der Waals surface area contributed by atoms with Crippen LogP contribution in [0.1, 0.15) is 13.3 Å². The van der Waals surface area contributed by atoms with Crippen LogP contribution in [0.15, 0.2) is 0 Å². The predicted octanol–water partition coefficient (Wildman–Crippen LogP) is -0.598. The van der Waals surface area contributed by atoms with E-state index in [0.717, 1.165) is 18.9 Å². The molecular formula is C7H13N2O2. The van der Waals surface area contributed by atoms with Crippen LogP contribution in [0.3, 0.4) is 0 Å². The lowest BCUT2D eigenvalue weighted by atomic mass is 10.1. The third kappa shape index (κ3) is 2.48. The maximum Gasteiger partial charge on any atom is 0.316 e. The Morgan fingerprint density at radius 3 is 3.00 bits per heavy atom. The Morgan fingerprint density at radius 2 is 2.55 bits per heavy atom. The van der Waals surface area contributed by atoms with Gasteiger partial charge in [0.15, 0.2) is 0 Å². The minimum Gasteiger partial charge on any atom is -0.447 e. The molecular weight excluding hydrogens is 144 g/mol. The first kappa shape index (κ1) is 8.49. The minimum atomic E-state index is -0.504. The van der Waals surface area contributed by atoms with Gasteiger partial charge in [0.2, 0.25) is 0 Å². The molecule has 1 saturated heterocycles. The fourth-order valence-corrected chi connectivity index (χ4v) is 0.993. The number of ether oxygens (including phenoxy) is 1. The molecule has 0 bridgehead atoms. The predicted molar refractivity (Wildman–Crippen MR) is 40.5 cm³/mol. The maximum atomic E-state index is 11.1. The fraction of sp³-hybridized carbons (Fsp3) is 0.714. The molecule has 0 aromatic heterocycles. The van der Waals surface area contributed by atoms with E-state index in [9.17, 15) is 4.79 Å². The SMILES string of the molecule is CC(N)OC(=O)[C]1CCNC1. The molecule has 63 valence electrons. The lowest BCUT2D eigenvalue weighted by Crippen LogP contribution is -2.27. The summed E-state index contributed by atoms with van der Waals surface area (Å²) in [6, 6.07) is 0. The number of esters is 1. The van der Waals surface area contributed by atoms with E-state index in [2.05, 4.69) is 5.32 Å². The van der Waals surface area contributed by atoms with Crippen LogP contribution in [0.2, 0.25) is 0 Å². The molecule has 1 aliphatic rings. The van der Waals surface area contributed by atoms with Gasteiger partial charge in [0.05, 0.1) is 5.92 Å². The van der Waals surface area contributed by atoms with Gasteiger partial charge in [-0.3, -0.25) is 10.5 Å². The molecule has 1 rings (SSSR count). The van der Waals surface area contributed by atoms with Gasteiger partial charge in [-0.05, 0) is 19.9 Å². The summed E-state index contributed by atoms with van der Waals surface area (Å²) < 4.78 is 4.80. The van der Waals surface area contributed by atoms with E-state index in [1.807, 2.05) is 0 Å². The summed E-state index contributed by atoms with van der Waals surface area (Å²) in [4.78, 5) is 11.1. The normalized spacial score (nSPS) is 21.6. The number of carbonyl (C=O) groups is 1. The highest BCUT2D eigenvalue weighted by molar-refractivity contribution is 5.85.